The highest BCUT2D eigenvalue weighted by Gasteiger charge is 2.35. The molecular formula is C14H15F3N2. The lowest BCUT2D eigenvalue weighted by atomic mass is 10.0. The minimum Gasteiger partial charge on any atom is -0.398 e. The average Bonchev–Trinajstić information content (AvgIpc) is 2.33. The zero-order valence-electron chi connectivity index (χ0n) is 10.8. The Bertz CT molecular complexity index is 618. The molecule has 0 amide bonds. The number of hydrogen-bond donors (Lipinski definition) is 1. The Kier molecular flexibility index (Phi) is 3.39. The summed E-state index contributed by atoms with van der Waals surface area (Å²) in [5.74, 6) is 0. The molecule has 1 aromatic carbocycles. The Balaban J connectivity index is 2.69. The van der Waals surface area contributed by atoms with Gasteiger partial charge in [0.15, 0.2) is 0 Å². The Morgan fingerprint density at radius 3 is 2.53 bits per heavy atom. The van der Waals surface area contributed by atoms with Crippen molar-refractivity contribution in [2.75, 3.05) is 5.73 Å². The maximum absolute atomic E-state index is 12.8. The molecule has 1 heterocycles. The number of nitrogens with zero attached hydrogens (tertiary/aromatic N) is 1. The predicted molar refractivity (Wildman–Crippen MR) is 69.9 cm³/mol. The van der Waals surface area contributed by atoms with E-state index in [9.17, 15) is 13.2 Å². The summed E-state index contributed by atoms with van der Waals surface area (Å²) >= 11 is 0. The third-order valence-electron chi connectivity index (χ3n) is 3.15. The largest absolute Gasteiger partial charge is 0.433 e. The molecule has 2 aromatic rings. The van der Waals surface area contributed by atoms with Gasteiger partial charge in [-0.1, -0.05) is 19.4 Å². The van der Waals surface area contributed by atoms with Crippen molar-refractivity contribution in [2.24, 2.45) is 0 Å². The van der Waals surface area contributed by atoms with Crippen molar-refractivity contribution in [3.8, 4) is 0 Å². The first kappa shape index (κ1) is 13.6. The molecule has 0 bridgehead atoms. The number of halogens is 3. The van der Waals surface area contributed by atoms with Crippen LogP contribution in [0.4, 0.5) is 18.9 Å². The SMILES string of the molecule is CCCc1ccc2nc(C(F)(F)F)c(C)c(N)c2c1. The Labute approximate surface area is 109 Å². The smallest absolute Gasteiger partial charge is 0.398 e. The third kappa shape index (κ3) is 2.50. The number of rotatable bonds is 2. The highest BCUT2D eigenvalue weighted by Crippen LogP contribution is 2.35. The van der Waals surface area contributed by atoms with E-state index in [4.69, 9.17) is 5.73 Å². The molecule has 0 radical (unpaired) electrons. The van der Waals surface area contributed by atoms with Crippen molar-refractivity contribution in [1.82, 2.24) is 4.98 Å². The first-order valence-electron chi connectivity index (χ1n) is 6.10. The fourth-order valence-electron chi connectivity index (χ4n) is 2.15. The number of benzene rings is 1. The number of alkyl halides is 3. The molecule has 5 heteroatoms. The summed E-state index contributed by atoms with van der Waals surface area (Å²) in [7, 11) is 0. The molecule has 2 N–H and O–H groups in total. The van der Waals surface area contributed by atoms with Crippen LogP contribution in [-0.2, 0) is 12.6 Å². The van der Waals surface area contributed by atoms with Crippen LogP contribution in [0, 0.1) is 6.92 Å². The second-order valence-corrected chi connectivity index (χ2v) is 4.60. The van der Waals surface area contributed by atoms with Crippen molar-refractivity contribution < 1.29 is 13.2 Å². The molecule has 19 heavy (non-hydrogen) atoms. The van der Waals surface area contributed by atoms with Gasteiger partial charge in [-0.2, -0.15) is 13.2 Å². The van der Waals surface area contributed by atoms with Gasteiger partial charge < -0.3 is 5.73 Å². The van der Waals surface area contributed by atoms with Crippen LogP contribution < -0.4 is 5.73 Å². The summed E-state index contributed by atoms with van der Waals surface area (Å²) in [6.45, 7) is 3.40. The van der Waals surface area contributed by atoms with Gasteiger partial charge in [0.05, 0.1) is 5.52 Å². The van der Waals surface area contributed by atoms with E-state index in [2.05, 4.69) is 4.98 Å². The molecule has 0 fully saturated rings. The first-order chi connectivity index (χ1) is 8.84. The predicted octanol–water partition coefficient (Wildman–Crippen LogP) is 4.10. The number of aromatic nitrogens is 1. The molecule has 0 saturated heterocycles. The number of hydrogen-bond acceptors (Lipinski definition) is 2. The second-order valence-electron chi connectivity index (χ2n) is 4.60. The Morgan fingerprint density at radius 2 is 1.95 bits per heavy atom. The minimum atomic E-state index is -4.48. The van der Waals surface area contributed by atoms with Crippen LogP contribution in [0.3, 0.4) is 0 Å². The fraction of sp³-hybridized carbons (Fsp3) is 0.357. The molecule has 1 aromatic heterocycles. The monoisotopic (exact) mass is 268 g/mol. The van der Waals surface area contributed by atoms with Gasteiger partial charge >= 0.3 is 6.18 Å². The summed E-state index contributed by atoms with van der Waals surface area (Å²) < 4.78 is 38.5. The number of fused-ring (bicyclic) bond motifs is 1. The maximum atomic E-state index is 12.8. The van der Waals surface area contributed by atoms with Crippen molar-refractivity contribution in [2.45, 2.75) is 32.9 Å². The lowest BCUT2D eigenvalue weighted by Gasteiger charge is -2.14. The summed E-state index contributed by atoms with van der Waals surface area (Å²) in [6.07, 6.45) is -2.64. The van der Waals surface area contributed by atoms with E-state index in [1.807, 2.05) is 13.0 Å². The zero-order chi connectivity index (χ0) is 14.2. The van der Waals surface area contributed by atoms with Gasteiger partial charge in [-0.25, -0.2) is 4.98 Å². The van der Waals surface area contributed by atoms with Gasteiger partial charge in [-0.05, 0) is 31.0 Å². The quantitative estimate of drug-likeness (QED) is 0.890. The summed E-state index contributed by atoms with van der Waals surface area (Å²) in [4.78, 5) is 3.70. The molecule has 102 valence electrons. The molecule has 0 saturated carbocycles. The molecule has 0 aliphatic rings. The van der Waals surface area contributed by atoms with Crippen molar-refractivity contribution in [3.63, 3.8) is 0 Å². The van der Waals surface area contributed by atoms with Crippen LogP contribution in [0.25, 0.3) is 10.9 Å². The number of pyridine rings is 1. The van der Waals surface area contributed by atoms with Crippen molar-refractivity contribution in [1.29, 1.82) is 0 Å². The van der Waals surface area contributed by atoms with E-state index in [-0.39, 0.29) is 16.8 Å². The minimum absolute atomic E-state index is 0.00588. The normalized spacial score (nSPS) is 12.1. The van der Waals surface area contributed by atoms with E-state index >= 15 is 0 Å². The Morgan fingerprint density at radius 1 is 1.26 bits per heavy atom. The van der Waals surface area contributed by atoms with E-state index in [0.29, 0.717) is 5.39 Å². The van der Waals surface area contributed by atoms with Crippen molar-refractivity contribution >= 4 is 16.6 Å². The van der Waals surface area contributed by atoms with E-state index in [1.54, 1.807) is 12.1 Å². The van der Waals surface area contributed by atoms with Gasteiger partial charge in [0.1, 0.15) is 5.69 Å². The molecule has 0 atom stereocenters. The van der Waals surface area contributed by atoms with Crippen LogP contribution in [-0.4, -0.2) is 4.98 Å². The highest BCUT2D eigenvalue weighted by molar-refractivity contribution is 5.92. The van der Waals surface area contributed by atoms with Crippen molar-refractivity contribution in [3.05, 3.63) is 35.0 Å². The molecule has 0 aliphatic carbocycles. The second kappa shape index (κ2) is 4.72. The standard InChI is InChI=1S/C14H15F3N2/c1-3-4-9-5-6-11-10(7-9)12(18)8(2)13(19-11)14(15,16)17/h5-7H,3-4H2,1-2H3,(H2,18,19). The summed E-state index contributed by atoms with van der Waals surface area (Å²) in [6, 6.07) is 5.23. The van der Waals surface area contributed by atoms with Gasteiger partial charge in [-0.3, -0.25) is 0 Å². The lowest BCUT2D eigenvalue weighted by Crippen LogP contribution is -2.12. The summed E-state index contributed by atoms with van der Waals surface area (Å²) in [5.41, 5.74) is 6.44. The lowest BCUT2D eigenvalue weighted by molar-refractivity contribution is -0.141. The van der Waals surface area contributed by atoms with E-state index < -0.39 is 11.9 Å². The molecule has 0 unspecified atom stereocenters. The number of aryl methyl sites for hydroxylation is 1. The molecule has 2 rings (SSSR count). The van der Waals surface area contributed by atoms with E-state index in [0.717, 1.165) is 18.4 Å². The molecule has 2 nitrogen and oxygen atoms in total. The number of nitrogen functional groups attached to an aromatic ring is 1. The molecule has 0 aliphatic heterocycles. The maximum Gasteiger partial charge on any atom is 0.433 e. The number of nitrogens with two attached hydrogens (primary N) is 1. The highest BCUT2D eigenvalue weighted by atomic mass is 19.4. The fourth-order valence-corrected chi connectivity index (χ4v) is 2.15. The van der Waals surface area contributed by atoms with Crippen LogP contribution in [0.1, 0.15) is 30.2 Å². The topological polar surface area (TPSA) is 38.9 Å². The zero-order valence-corrected chi connectivity index (χ0v) is 10.8. The van der Waals surface area contributed by atoms with Crippen LogP contribution in [0.2, 0.25) is 0 Å². The molecular weight excluding hydrogens is 253 g/mol. The van der Waals surface area contributed by atoms with E-state index in [1.165, 1.54) is 6.92 Å². The third-order valence-corrected chi connectivity index (χ3v) is 3.15. The summed E-state index contributed by atoms with van der Waals surface area (Å²) in [5, 5.41) is 0.594. The van der Waals surface area contributed by atoms with Crippen LogP contribution in [0.15, 0.2) is 18.2 Å². The van der Waals surface area contributed by atoms with Crippen LogP contribution in [0.5, 0.6) is 0 Å². The van der Waals surface area contributed by atoms with Gasteiger partial charge in [0.2, 0.25) is 0 Å². The van der Waals surface area contributed by atoms with Gasteiger partial charge in [0, 0.05) is 16.6 Å². The molecule has 0 spiro atoms. The van der Waals surface area contributed by atoms with Crippen LogP contribution >= 0.6 is 0 Å². The van der Waals surface area contributed by atoms with Gasteiger partial charge in [-0.15, -0.1) is 0 Å². The average molecular weight is 268 g/mol. The number of anilines is 1. The Hall–Kier alpha value is -1.78. The first-order valence-corrected chi connectivity index (χ1v) is 6.10. The van der Waals surface area contributed by atoms with Gasteiger partial charge in [0.25, 0.3) is 0 Å².